The van der Waals surface area contributed by atoms with Gasteiger partial charge in [0.1, 0.15) is 18.2 Å². The van der Waals surface area contributed by atoms with Crippen molar-refractivity contribution >= 4 is 11.0 Å². The number of nitrogens with zero attached hydrogens (tertiary/aromatic N) is 2. The summed E-state index contributed by atoms with van der Waals surface area (Å²) in [6.07, 6.45) is 1.16. The molecule has 0 spiro atoms. The summed E-state index contributed by atoms with van der Waals surface area (Å²) in [5.41, 5.74) is 6.05. The van der Waals surface area contributed by atoms with E-state index in [1.807, 2.05) is 18.2 Å². The van der Waals surface area contributed by atoms with E-state index in [0.717, 1.165) is 35.6 Å². The first kappa shape index (κ1) is 19.3. The Bertz CT molecular complexity index is 1080. The minimum Gasteiger partial charge on any atom is -0.486 e. The quantitative estimate of drug-likeness (QED) is 0.364. The highest BCUT2D eigenvalue weighted by Gasteiger charge is 2.12. The van der Waals surface area contributed by atoms with E-state index in [-0.39, 0.29) is 0 Å². The summed E-state index contributed by atoms with van der Waals surface area (Å²) < 4.78 is 8.30. The number of rotatable bonds is 7. The van der Waals surface area contributed by atoms with Gasteiger partial charge >= 0.3 is 0 Å². The van der Waals surface area contributed by atoms with E-state index in [4.69, 9.17) is 9.72 Å². The molecule has 4 aromatic rings. The van der Waals surface area contributed by atoms with Crippen molar-refractivity contribution in [2.24, 2.45) is 0 Å². The Labute approximate surface area is 173 Å². The molecule has 148 valence electrons. The smallest absolute Gasteiger partial charge is 0.148 e. The molecule has 3 heteroatoms. The Hall–Kier alpha value is -3.07. The number of imidazole rings is 1. The van der Waals surface area contributed by atoms with Crippen molar-refractivity contribution in [2.75, 3.05) is 0 Å². The van der Waals surface area contributed by atoms with Crippen molar-refractivity contribution in [3.05, 3.63) is 95.3 Å². The van der Waals surface area contributed by atoms with Gasteiger partial charge < -0.3 is 9.30 Å². The number of ether oxygens (including phenoxy) is 1. The molecule has 0 radical (unpaired) electrons. The van der Waals surface area contributed by atoms with Crippen LogP contribution in [0.2, 0.25) is 0 Å². The van der Waals surface area contributed by atoms with Gasteiger partial charge in [0, 0.05) is 6.54 Å². The van der Waals surface area contributed by atoms with Gasteiger partial charge in [0.2, 0.25) is 0 Å². The lowest BCUT2D eigenvalue weighted by molar-refractivity contribution is 0.291. The molecule has 0 saturated heterocycles. The highest BCUT2D eigenvalue weighted by atomic mass is 16.5. The highest BCUT2D eigenvalue weighted by molar-refractivity contribution is 5.76. The molecule has 1 atom stereocenters. The van der Waals surface area contributed by atoms with Crippen LogP contribution in [0.5, 0.6) is 5.75 Å². The predicted molar refractivity (Wildman–Crippen MR) is 119 cm³/mol. The van der Waals surface area contributed by atoms with E-state index < -0.39 is 0 Å². The number of aromatic nitrogens is 2. The summed E-state index contributed by atoms with van der Waals surface area (Å²) in [5.74, 6) is 2.40. The molecule has 0 fully saturated rings. The SMILES string of the molecule is CC[C@H](C)c1ccc(Cn2c(COc3ccc(C)cc3)nc3ccccc32)cc1. The van der Waals surface area contributed by atoms with E-state index in [1.165, 1.54) is 16.7 Å². The molecule has 4 rings (SSSR count). The van der Waals surface area contributed by atoms with Crippen LogP contribution in [0.4, 0.5) is 0 Å². The summed E-state index contributed by atoms with van der Waals surface area (Å²) in [4.78, 5) is 4.84. The molecule has 0 unspecified atom stereocenters. The lowest BCUT2D eigenvalue weighted by Gasteiger charge is -2.13. The van der Waals surface area contributed by atoms with Crippen LogP contribution in [0.1, 0.15) is 48.7 Å². The van der Waals surface area contributed by atoms with Crippen molar-refractivity contribution < 1.29 is 4.74 Å². The second kappa shape index (κ2) is 8.52. The fourth-order valence-corrected chi connectivity index (χ4v) is 3.56. The molecule has 1 heterocycles. The van der Waals surface area contributed by atoms with Crippen LogP contribution in [0.15, 0.2) is 72.8 Å². The van der Waals surface area contributed by atoms with Crippen LogP contribution >= 0.6 is 0 Å². The van der Waals surface area contributed by atoms with Gasteiger partial charge in [-0.25, -0.2) is 4.98 Å². The van der Waals surface area contributed by atoms with Crippen molar-refractivity contribution in [3.63, 3.8) is 0 Å². The molecule has 0 bridgehead atoms. The van der Waals surface area contributed by atoms with E-state index in [0.29, 0.717) is 12.5 Å². The van der Waals surface area contributed by atoms with E-state index in [1.54, 1.807) is 0 Å². The summed E-state index contributed by atoms with van der Waals surface area (Å²) in [6, 6.07) is 25.4. The number of para-hydroxylation sites is 2. The molecular weight excluding hydrogens is 356 g/mol. The standard InChI is InChI=1S/C26H28N2O/c1-4-20(3)22-13-11-21(12-14-22)17-28-25-8-6-5-7-24(25)27-26(28)18-29-23-15-9-19(2)10-16-23/h5-16,20H,4,17-18H2,1-3H3/t20-/m0/s1. The first-order valence-electron chi connectivity index (χ1n) is 10.4. The molecule has 0 saturated carbocycles. The molecule has 0 aliphatic carbocycles. The molecule has 3 nitrogen and oxygen atoms in total. The number of hydrogen-bond acceptors (Lipinski definition) is 2. The third-order valence-corrected chi connectivity index (χ3v) is 5.62. The number of benzene rings is 3. The first-order chi connectivity index (χ1) is 14.1. The zero-order valence-electron chi connectivity index (χ0n) is 17.4. The molecule has 1 aromatic heterocycles. The third kappa shape index (κ3) is 4.34. The molecule has 0 aliphatic heterocycles. The van der Waals surface area contributed by atoms with E-state index >= 15 is 0 Å². The van der Waals surface area contributed by atoms with Crippen molar-refractivity contribution in [2.45, 2.75) is 46.3 Å². The van der Waals surface area contributed by atoms with E-state index in [2.05, 4.69) is 79.9 Å². The summed E-state index contributed by atoms with van der Waals surface area (Å²) in [6.45, 7) is 7.82. The Balaban J connectivity index is 1.60. The zero-order chi connectivity index (χ0) is 20.2. The Morgan fingerprint density at radius 3 is 2.38 bits per heavy atom. The van der Waals surface area contributed by atoms with Gasteiger partial charge in [-0.3, -0.25) is 0 Å². The minimum atomic E-state index is 0.447. The molecule has 0 amide bonds. The highest BCUT2D eigenvalue weighted by Crippen LogP contribution is 2.22. The van der Waals surface area contributed by atoms with Crippen molar-refractivity contribution in [1.29, 1.82) is 0 Å². The number of aryl methyl sites for hydroxylation is 1. The van der Waals surface area contributed by atoms with Gasteiger partial charge in [0.05, 0.1) is 11.0 Å². The van der Waals surface area contributed by atoms with Crippen LogP contribution < -0.4 is 4.74 Å². The average molecular weight is 385 g/mol. The zero-order valence-corrected chi connectivity index (χ0v) is 17.4. The molecule has 3 aromatic carbocycles. The lowest BCUT2D eigenvalue weighted by atomic mass is 9.98. The number of hydrogen-bond donors (Lipinski definition) is 0. The summed E-state index contributed by atoms with van der Waals surface area (Å²) >= 11 is 0. The summed E-state index contributed by atoms with van der Waals surface area (Å²) in [7, 11) is 0. The van der Waals surface area contributed by atoms with Crippen LogP contribution in [0.3, 0.4) is 0 Å². The lowest BCUT2D eigenvalue weighted by Crippen LogP contribution is -2.08. The maximum absolute atomic E-state index is 6.04. The monoisotopic (exact) mass is 384 g/mol. The topological polar surface area (TPSA) is 27.1 Å². The van der Waals surface area contributed by atoms with Crippen LogP contribution in [-0.2, 0) is 13.2 Å². The minimum absolute atomic E-state index is 0.447. The van der Waals surface area contributed by atoms with Gasteiger partial charge in [0.15, 0.2) is 0 Å². The summed E-state index contributed by atoms with van der Waals surface area (Å²) in [5, 5.41) is 0. The maximum Gasteiger partial charge on any atom is 0.148 e. The second-order valence-corrected chi connectivity index (χ2v) is 7.76. The molecular formula is C26H28N2O. The van der Waals surface area contributed by atoms with Crippen molar-refractivity contribution in [3.8, 4) is 5.75 Å². The van der Waals surface area contributed by atoms with Gasteiger partial charge in [-0.15, -0.1) is 0 Å². The average Bonchev–Trinajstić information content (AvgIpc) is 3.11. The number of fused-ring (bicyclic) bond motifs is 1. The maximum atomic E-state index is 6.04. The Kier molecular flexibility index (Phi) is 5.66. The second-order valence-electron chi connectivity index (χ2n) is 7.76. The molecule has 0 aliphatic rings. The first-order valence-corrected chi connectivity index (χ1v) is 10.4. The Morgan fingerprint density at radius 1 is 0.931 bits per heavy atom. The largest absolute Gasteiger partial charge is 0.486 e. The van der Waals surface area contributed by atoms with Crippen molar-refractivity contribution in [1.82, 2.24) is 9.55 Å². The van der Waals surface area contributed by atoms with Crippen LogP contribution in [0, 0.1) is 6.92 Å². The normalized spacial score (nSPS) is 12.2. The fourth-order valence-electron chi connectivity index (χ4n) is 3.56. The molecule has 29 heavy (non-hydrogen) atoms. The predicted octanol–water partition coefficient (Wildman–Crippen LogP) is 6.49. The fraction of sp³-hybridized carbons (Fsp3) is 0.269. The van der Waals surface area contributed by atoms with Gasteiger partial charge in [0.25, 0.3) is 0 Å². The van der Waals surface area contributed by atoms with Gasteiger partial charge in [-0.05, 0) is 54.7 Å². The van der Waals surface area contributed by atoms with Gasteiger partial charge in [-0.2, -0.15) is 0 Å². The Morgan fingerprint density at radius 2 is 1.66 bits per heavy atom. The molecule has 0 N–H and O–H groups in total. The van der Waals surface area contributed by atoms with Crippen LogP contribution in [-0.4, -0.2) is 9.55 Å². The third-order valence-electron chi connectivity index (χ3n) is 5.62. The van der Waals surface area contributed by atoms with Crippen LogP contribution in [0.25, 0.3) is 11.0 Å². The van der Waals surface area contributed by atoms with E-state index in [9.17, 15) is 0 Å². The van der Waals surface area contributed by atoms with Gasteiger partial charge in [-0.1, -0.05) is 67.9 Å².